The summed E-state index contributed by atoms with van der Waals surface area (Å²) in [6, 6.07) is 10.8. The molecule has 0 aliphatic carbocycles. The van der Waals surface area contributed by atoms with Crippen molar-refractivity contribution in [1.29, 1.82) is 0 Å². The van der Waals surface area contributed by atoms with Gasteiger partial charge in [-0.1, -0.05) is 6.07 Å². The predicted molar refractivity (Wildman–Crippen MR) is 115 cm³/mol. The number of methoxy groups -OCH3 is 2. The van der Waals surface area contributed by atoms with Crippen molar-refractivity contribution in [3.8, 4) is 27.2 Å². The number of amides is 1. The third kappa shape index (κ3) is 3.87. The van der Waals surface area contributed by atoms with Crippen LogP contribution in [0.15, 0.2) is 47.2 Å². The average molecular weight is 427 g/mol. The lowest BCUT2D eigenvalue weighted by Crippen LogP contribution is -2.15. The van der Waals surface area contributed by atoms with Crippen LogP contribution in [0.4, 0.5) is 5.82 Å². The number of thiazole rings is 1. The van der Waals surface area contributed by atoms with Gasteiger partial charge >= 0.3 is 0 Å². The number of rotatable bonds is 6. The third-order valence-corrected chi connectivity index (χ3v) is 5.87. The first-order valence-corrected chi connectivity index (χ1v) is 10.4. The van der Waals surface area contributed by atoms with Gasteiger partial charge in [0, 0.05) is 17.0 Å². The van der Waals surface area contributed by atoms with Crippen molar-refractivity contribution in [3.63, 3.8) is 0 Å². The van der Waals surface area contributed by atoms with E-state index >= 15 is 0 Å². The molecule has 29 heavy (non-hydrogen) atoms. The maximum atomic E-state index is 12.8. The number of nitrogens with one attached hydrogen (secondary N) is 1. The van der Waals surface area contributed by atoms with E-state index in [1.807, 2.05) is 35.9 Å². The van der Waals surface area contributed by atoms with Gasteiger partial charge in [0.15, 0.2) is 11.5 Å². The molecule has 7 nitrogen and oxygen atoms in total. The van der Waals surface area contributed by atoms with E-state index in [0.717, 1.165) is 16.3 Å². The maximum absolute atomic E-state index is 12.8. The number of carbonyl (C=O) groups excluding carboxylic acids is 1. The molecule has 0 aliphatic heterocycles. The molecule has 3 heterocycles. The second kappa shape index (κ2) is 8.06. The van der Waals surface area contributed by atoms with Crippen molar-refractivity contribution in [2.45, 2.75) is 6.92 Å². The molecule has 148 valence electrons. The highest BCUT2D eigenvalue weighted by Gasteiger charge is 2.17. The zero-order valence-corrected chi connectivity index (χ0v) is 17.6. The zero-order valence-electron chi connectivity index (χ0n) is 16.0. The first kappa shape index (κ1) is 19.2. The maximum Gasteiger partial charge on any atom is 0.256 e. The Kier molecular flexibility index (Phi) is 5.32. The Labute approximate surface area is 175 Å². The van der Waals surface area contributed by atoms with Gasteiger partial charge < -0.3 is 14.8 Å². The molecule has 9 heteroatoms. The number of thiophene rings is 1. The molecule has 3 aromatic heterocycles. The molecule has 0 unspecified atom stereocenters. The van der Waals surface area contributed by atoms with E-state index in [1.54, 1.807) is 41.3 Å². The fraction of sp³-hybridized carbons (Fsp3) is 0.150. The number of hydrogen-bond donors (Lipinski definition) is 1. The lowest BCUT2D eigenvalue weighted by atomic mass is 10.2. The normalized spacial score (nSPS) is 10.7. The molecule has 4 rings (SSSR count). The molecular formula is C20H18N4O3S2. The van der Waals surface area contributed by atoms with Crippen LogP contribution in [0.5, 0.6) is 11.5 Å². The molecule has 0 saturated carbocycles. The van der Waals surface area contributed by atoms with Crippen LogP contribution >= 0.6 is 22.7 Å². The van der Waals surface area contributed by atoms with Gasteiger partial charge in [-0.15, -0.1) is 22.7 Å². The molecule has 0 atom stereocenters. The Hall–Kier alpha value is -3.17. The van der Waals surface area contributed by atoms with Crippen molar-refractivity contribution in [1.82, 2.24) is 14.8 Å². The molecule has 0 fully saturated rings. The summed E-state index contributed by atoms with van der Waals surface area (Å²) < 4.78 is 12.2. The Morgan fingerprint density at radius 1 is 1.10 bits per heavy atom. The summed E-state index contributed by atoms with van der Waals surface area (Å²) in [4.78, 5) is 18.6. The quantitative estimate of drug-likeness (QED) is 0.486. The van der Waals surface area contributed by atoms with Crippen molar-refractivity contribution in [3.05, 3.63) is 58.4 Å². The van der Waals surface area contributed by atoms with Crippen molar-refractivity contribution < 1.29 is 14.3 Å². The van der Waals surface area contributed by atoms with Crippen LogP contribution in [-0.2, 0) is 0 Å². The van der Waals surface area contributed by atoms with Crippen LogP contribution < -0.4 is 14.8 Å². The second-order valence-electron chi connectivity index (χ2n) is 6.10. The number of anilines is 1. The van der Waals surface area contributed by atoms with E-state index < -0.39 is 0 Å². The summed E-state index contributed by atoms with van der Waals surface area (Å²) in [6.45, 7) is 1.87. The summed E-state index contributed by atoms with van der Waals surface area (Å²) in [5.41, 5.74) is 2.12. The van der Waals surface area contributed by atoms with Gasteiger partial charge in [0.1, 0.15) is 5.82 Å². The van der Waals surface area contributed by atoms with Crippen LogP contribution in [0, 0.1) is 6.92 Å². The summed E-state index contributed by atoms with van der Waals surface area (Å²) in [7, 11) is 3.09. The minimum absolute atomic E-state index is 0.276. The van der Waals surface area contributed by atoms with E-state index in [-0.39, 0.29) is 5.91 Å². The smallest absolute Gasteiger partial charge is 0.256 e. The number of aryl methyl sites for hydroxylation is 1. The lowest BCUT2D eigenvalue weighted by Gasteiger charge is -2.10. The SMILES string of the molecule is COc1ccc(C(=O)Nc2cc(C)nn2-c2nc(-c3cccs3)cs2)cc1OC. The number of benzene rings is 1. The number of carbonyl (C=O) groups is 1. The van der Waals surface area contributed by atoms with Gasteiger partial charge in [-0.25, -0.2) is 4.98 Å². The molecule has 1 amide bonds. The highest BCUT2D eigenvalue weighted by Crippen LogP contribution is 2.30. The van der Waals surface area contributed by atoms with Crippen LogP contribution in [0.1, 0.15) is 16.1 Å². The van der Waals surface area contributed by atoms with E-state index in [0.29, 0.717) is 28.0 Å². The number of nitrogens with zero attached hydrogens (tertiary/aromatic N) is 3. The van der Waals surface area contributed by atoms with Crippen molar-refractivity contribution >= 4 is 34.4 Å². The molecular weight excluding hydrogens is 408 g/mol. The van der Waals surface area contributed by atoms with Gasteiger partial charge in [0.25, 0.3) is 5.91 Å². The topological polar surface area (TPSA) is 78.3 Å². The molecule has 1 aromatic carbocycles. The first-order valence-electron chi connectivity index (χ1n) is 8.69. The van der Waals surface area contributed by atoms with Gasteiger partial charge in [-0.3, -0.25) is 4.79 Å². The van der Waals surface area contributed by atoms with Crippen LogP contribution in [-0.4, -0.2) is 34.9 Å². The highest BCUT2D eigenvalue weighted by atomic mass is 32.1. The summed E-state index contributed by atoms with van der Waals surface area (Å²) in [5.74, 6) is 1.33. The number of aromatic nitrogens is 3. The van der Waals surface area contributed by atoms with E-state index in [1.165, 1.54) is 18.4 Å². The Morgan fingerprint density at radius 2 is 1.93 bits per heavy atom. The molecule has 0 radical (unpaired) electrons. The summed E-state index contributed by atoms with van der Waals surface area (Å²) in [5, 5.41) is 12.1. The van der Waals surface area contributed by atoms with Crippen LogP contribution in [0.3, 0.4) is 0 Å². The van der Waals surface area contributed by atoms with Crippen molar-refractivity contribution in [2.24, 2.45) is 0 Å². The first-order chi connectivity index (χ1) is 14.1. The fourth-order valence-corrected chi connectivity index (χ4v) is 4.35. The number of hydrogen-bond acceptors (Lipinski definition) is 7. The molecule has 0 bridgehead atoms. The average Bonchev–Trinajstić information content (AvgIpc) is 3.47. The van der Waals surface area contributed by atoms with Crippen LogP contribution in [0.25, 0.3) is 15.7 Å². The van der Waals surface area contributed by atoms with Gasteiger partial charge in [-0.05, 0) is 36.6 Å². The Bertz CT molecular complexity index is 1150. The van der Waals surface area contributed by atoms with Gasteiger partial charge in [0.2, 0.25) is 5.13 Å². The monoisotopic (exact) mass is 426 g/mol. The minimum atomic E-state index is -0.276. The molecule has 1 N–H and O–H groups in total. The Balaban J connectivity index is 1.61. The molecule has 4 aromatic rings. The van der Waals surface area contributed by atoms with Crippen LogP contribution in [0.2, 0.25) is 0 Å². The third-order valence-electron chi connectivity index (χ3n) is 4.17. The van der Waals surface area contributed by atoms with Gasteiger partial charge in [-0.2, -0.15) is 9.78 Å². The van der Waals surface area contributed by atoms with E-state index in [9.17, 15) is 4.79 Å². The highest BCUT2D eigenvalue weighted by molar-refractivity contribution is 7.15. The van der Waals surface area contributed by atoms with Crippen molar-refractivity contribution in [2.75, 3.05) is 19.5 Å². The predicted octanol–water partition coefficient (Wildman–Crippen LogP) is 4.64. The second-order valence-corrected chi connectivity index (χ2v) is 7.88. The zero-order chi connectivity index (χ0) is 20.4. The summed E-state index contributed by atoms with van der Waals surface area (Å²) in [6.07, 6.45) is 0. The molecule has 0 saturated heterocycles. The molecule has 0 spiro atoms. The minimum Gasteiger partial charge on any atom is -0.493 e. The molecule has 0 aliphatic rings. The largest absolute Gasteiger partial charge is 0.493 e. The van der Waals surface area contributed by atoms with E-state index in [4.69, 9.17) is 9.47 Å². The van der Waals surface area contributed by atoms with Gasteiger partial charge in [0.05, 0.1) is 30.5 Å². The Morgan fingerprint density at radius 3 is 2.66 bits per heavy atom. The fourth-order valence-electron chi connectivity index (χ4n) is 2.80. The standard InChI is InChI=1S/C20H18N4O3S2/c1-12-9-18(22-19(25)13-6-7-15(26-2)16(10-13)27-3)24(23-12)20-21-14(11-29-20)17-5-4-8-28-17/h4-11H,1-3H3,(H,22,25). The lowest BCUT2D eigenvalue weighted by molar-refractivity contribution is 0.102. The summed E-state index contributed by atoms with van der Waals surface area (Å²) >= 11 is 3.10. The van der Waals surface area contributed by atoms with E-state index in [2.05, 4.69) is 15.4 Å². The number of ether oxygens (including phenoxy) is 2.